The molecule has 4 aliphatic carbocycles. The van der Waals surface area contributed by atoms with Crippen LogP contribution < -0.4 is 5.32 Å². The van der Waals surface area contributed by atoms with Crippen molar-refractivity contribution < 1.29 is 24.6 Å². The van der Waals surface area contributed by atoms with Crippen LogP contribution in [-0.4, -0.2) is 46.6 Å². The van der Waals surface area contributed by atoms with E-state index >= 15 is 0 Å². The van der Waals surface area contributed by atoms with Gasteiger partial charge in [-0.2, -0.15) is 0 Å². The summed E-state index contributed by atoms with van der Waals surface area (Å²) in [6.07, 6.45) is 10.6. The van der Waals surface area contributed by atoms with E-state index in [0.717, 1.165) is 44.2 Å². The first-order valence-corrected chi connectivity index (χ1v) is 12.7. The number of carbonyl (C=O) groups excluding carboxylic acids is 1. The van der Waals surface area contributed by atoms with Gasteiger partial charge in [0, 0.05) is 0 Å². The highest BCUT2D eigenvalue weighted by Gasteiger charge is 2.58. The number of carboxylic acid groups (broad SMARTS) is 1. The second-order valence-corrected chi connectivity index (χ2v) is 11.6. The predicted molar refractivity (Wildman–Crippen MR) is 126 cm³/mol. The van der Waals surface area contributed by atoms with E-state index in [9.17, 15) is 19.8 Å². The molecule has 0 aromatic heterocycles. The van der Waals surface area contributed by atoms with Gasteiger partial charge in [-0.05, 0) is 91.9 Å². The van der Waals surface area contributed by atoms with Crippen molar-refractivity contribution in [2.45, 2.75) is 91.2 Å². The summed E-state index contributed by atoms with van der Waals surface area (Å²) in [7, 11) is 0. The molecule has 3 fully saturated rings. The van der Waals surface area contributed by atoms with Crippen molar-refractivity contribution in [3.63, 3.8) is 0 Å². The lowest BCUT2D eigenvalue weighted by Gasteiger charge is -2.57. The van der Waals surface area contributed by atoms with Crippen LogP contribution in [-0.2, 0) is 14.4 Å². The van der Waals surface area contributed by atoms with Gasteiger partial charge in [0.1, 0.15) is 6.04 Å². The topological polar surface area (TPSA) is 108 Å². The van der Waals surface area contributed by atoms with Gasteiger partial charge in [0.15, 0.2) is 6.61 Å². The molecule has 0 saturated heterocycles. The molecule has 184 valence electrons. The molecule has 0 spiro atoms. The Bertz CT molecular complexity index is 852. The molecular weight excluding hydrogens is 420 g/mol. The maximum absolute atomic E-state index is 12.1. The molecule has 0 aromatic carbocycles. The van der Waals surface area contributed by atoms with Crippen molar-refractivity contribution in [2.24, 2.45) is 39.7 Å². The van der Waals surface area contributed by atoms with Crippen molar-refractivity contribution in [2.75, 3.05) is 6.61 Å². The van der Waals surface area contributed by atoms with Crippen molar-refractivity contribution in [3.8, 4) is 0 Å². The molecular formula is C26H40N2O5. The minimum atomic E-state index is -1.05. The van der Waals surface area contributed by atoms with E-state index in [0.29, 0.717) is 17.8 Å². The van der Waals surface area contributed by atoms with E-state index in [1.54, 1.807) is 13.8 Å². The lowest BCUT2D eigenvalue weighted by atomic mass is 9.47. The molecule has 7 nitrogen and oxygen atoms in total. The van der Waals surface area contributed by atoms with Gasteiger partial charge < -0.3 is 20.4 Å². The van der Waals surface area contributed by atoms with Crippen molar-refractivity contribution in [1.29, 1.82) is 0 Å². The monoisotopic (exact) mass is 460 g/mol. The summed E-state index contributed by atoms with van der Waals surface area (Å²) in [5.41, 5.74) is 2.60. The average molecular weight is 461 g/mol. The molecule has 4 aliphatic rings. The van der Waals surface area contributed by atoms with Gasteiger partial charge in [0.05, 0.1) is 11.8 Å². The summed E-state index contributed by atoms with van der Waals surface area (Å²) in [5, 5.41) is 26.6. The second-order valence-electron chi connectivity index (χ2n) is 11.6. The summed E-state index contributed by atoms with van der Waals surface area (Å²) in [4.78, 5) is 28.6. The summed E-state index contributed by atoms with van der Waals surface area (Å²) in [6.45, 7) is 7.96. The van der Waals surface area contributed by atoms with Crippen LogP contribution in [0.25, 0.3) is 0 Å². The Kier molecular flexibility index (Phi) is 6.64. The van der Waals surface area contributed by atoms with Crippen LogP contribution in [0.5, 0.6) is 0 Å². The maximum atomic E-state index is 12.1. The number of carbonyl (C=O) groups is 2. The number of allylic oxidation sites excluding steroid dienone is 2. The number of hydrogen-bond donors (Lipinski definition) is 3. The minimum Gasteiger partial charge on any atom is -0.480 e. The minimum absolute atomic E-state index is 0.101. The van der Waals surface area contributed by atoms with Crippen LogP contribution >= 0.6 is 0 Å². The molecule has 4 rings (SSSR count). The first-order chi connectivity index (χ1) is 15.6. The molecule has 7 atom stereocenters. The lowest BCUT2D eigenvalue weighted by molar-refractivity contribution is -0.143. The summed E-state index contributed by atoms with van der Waals surface area (Å²) in [6, 6.07) is -0.931. The fourth-order valence-electron chi connectivity index (χ4n) is 7.52. The van der Waals surface area contributed by atoms with Crippen molar-refractivity contribution in [1.82, 2.24) is 5.32 Å². The van der Waals surface area contributed by atoms with Gasteiger partial charge in [-0.3, -0.25) is 4.79 Å². The molecule has 3 N–H and O–H groups in total. The average Bonchev–Trinajstić information content (AvgIpc) is 3.06. The Hall–Kier alpha value is -1.89. The van der Waals surface area contributed by atoms with Gasteiger partial charge in [-0.15, -0.1) is 0 Å². The Morgan fingerprint density at radius 2 is 1.91 bits per heavy atom. The largest absolute Gasteiger partial charge is 0.480 e. The highest BCUT2D eigenvalue weighted by atomic mass is 16.6. The number of aliphatic carboxylic acids is 1. The van der Waals surface area contributed by atoms with Gasteiger partial charge >= 0.3 is 5.97 Å². The number of hydrogen-bond acceptors (Lipinski definition) is 5. The standard InChI is InChI=1S/C26H40N2O5/c1-15(2)23(24(31)32)27-22(30)14-33-28-17-9-11-25(3)16(13-17)5-6-18-19-7-8-21(29)26(19,4)12-10-20(18)25/h13,15,18-21,23,29H,5-12,14H2,1-4H3,(H,27,30)(H,31,32)/b28-17-/t18-,19-,20-,21-,23+,25-,26-/m0/s1. The highest BCUT2D eigenvalue weighted by molar-refractivity contribution is 5.96. The van der Waals surface area contributed by atoms with Crippen molar-refractivity contribution in [3.05, 3.63) is 11.6 Å². The molecule has 0 radical (unpaired) electrons. The Morgan fingerprint density at radius 1 is 1.15 bits per heavy atom. The van der Waals surface area contributed by atoms with Crippen LogP contribution in [0.2, 0.25) is 0 Å². The molecule has 0 heterocycles. The number of carboxylic acids is 1. The first-order valence-electron chi connectivity index (χ1n) is 12.7. The zero-order valence-corrected chi connectivity index (χ0v) is 20.5. The first kappa shape index (κ1) is 24.2. The van der Waals surface area contributed by atoms with Gasteiger partial charge in [0.2, 0.25) is 0 Å². The fraction of sp³-hybridized carbons (Fsp3) is 0.808. The van der Waals surface area contributed by atoms with E-state index in [2.05, 4.69) is 30.4 Å². The van der Waals surface area contributed by atoms with E-state index in [-0.39, 0.29) is 29.5 Å². The number of aliphatic hydroxyl groups is 1. The van der Waals surface area contributed by atoms with Crippen LogP contribution in [0, 0.1) is 34.5 Å². The van der Waals surface area contributed by atoms with Crippen LogP contribution in [0.3, 0.4) is 0 Å². The molecule has 1 amide bonds. The number of fused-ring (bicyclic) bond motifs is 5. The number of nitrogens with zero attached hydrogens (tertiary/aromatic N) is 1. The Labute approximate surface area is 197 Å². The highest BCUT2D eigenvalue weighted by Crippen LogP contribution is 2.65. The smallest absolute Gasteiger partial charge is 0.326 e. The van der Waals surface area contributed by atoms with Gasteiger partial charge in [-0.1, -0.05) is 38.4 Å². The summed E-state index contributed by atoms with van der Waals surface area (Å²) < 4.78 is 0. The van der Waals surface area contributed by atoms with Gasteiger partial charge in [-0.25, -0.2) is 4.79 Å². The molecule has 33 heavy (non-hydrogen) atoms. The third kappa shape index (κ3) is 4.33. The maximum Gasteiger partial charge on any atom is 0.326 e. The third-order valence-corrected chi connectivity index (χ3v) is 9.55. The molecule has 0 bridgehead atoms. The van der Waals surface area contributed by atoms with Gasteiger partial charge in [0.25, 0.3) is 5.91 Å². The SMILES string of the molecule is CC(C)[C@@H](NC(=O)CO/N=C1\C=C2CC[C@H]3[C@@H]4CC[C@H](O)[C@@]4(C)CC[C@@H]3[C@@]2(C)CC1)C(=O)O. The normalized spacial score (nSPS) is 39.8. The number of amides is 1. The Morgan fingerprint density at radius 3 is 2.61 bits per heavy atom. The molecule has 3 saturated carbocycles. The van der Waals surface area contributed by atoms with E-state index < -0.39 is 17.9 Å². The zero-order valence-electron chi connectivity index (χ0n) is 20.5. The number of nitrogens with one attached hydrogen (secondary N) is 1. The molecule has 0 aliphatic heterocycles. The summed E-state index contributed by atoms with van der Waals surface area (Å²) in [5.74, 6) is 0.272. The van der Waals surface area contributed by atoms with Crippen LogP contribution in [0.1, 0.15) is 79.1 Å². The van der Waals surface area contributed by atoms with E-state index in [1.807, 2.05) is 0 Å². The number of oxime groups is 1. The van der Waals surface area contributed by atoms with Crippen LogP contribution in [0.4, 0.5) is 0 Å². The fourth-order valence-corrected chi connectivity index (χ4v) is 7.52. The van der Waals surface area contributed by atoms with Crippen molar-refractivity contribution >= 4 is 17.6 Å². The molecule has 0 unspecified atom stereocenters. The zero-order chi connectivity index (χ0) is 24.0. The quantitative estimate of drug-likeness (QED) is 0.521. The summed E-state index contributed by atoms with van der Waals surface area (Å²) >= 11 is 0. The molecule has 0 aromatic rings. The second kappa shape index (κ2) is 9.05. The lowest BCUT2D eigenvalue weighted by Crippen LogP contribution is -2.51. The Balaban J connectivity index is 1.39. The molecule has 7 heteroatoms. The third-order valence-electron chi connectivity index (χ3n) is 9.55. The van der Waals surface area contributed by atoms with E-state index in [4.69, 9.17) is 4.84 Å². The number of rotatable bonds is 6. The predicted octanol–water partition coefficient (Wildman–Crippen LogP) is 3.91. The van der Waals surface area contributed by atoms with Crippen LogP contribution in [0.15, 0.2) is 16.8 Å². The van der Waals surface area contributed by atoms with E-state index in [1.165, 1.54) is 18.4 Å². The number of aliphatic hydroxyl groups excluding tert-OH is 1.